The Bertz CT molecular complexity index is 911. The van der Waals surface area contributed by atoms with E-state index in [1.165, 1.54) is 6.42 Å². The van der Waals surface area contributed by atoms with Gasteiger partial charge >= 0.3 is 0 Å². The van der Waals surface area contributed by atoms with E-state index in [4.69, 9.17) is 4.74 Å². The summed E-state index contributed by atoms with van der Waals surface area (Å²) in [7, 11) is 0. The summed E-state index contributed by atoms with van der Waals surface area (Å²) in [6, 6.07) is 0. The minimum Gasteiger partial charge on any atom is -0.393 e. The van der Waals surface area contributed by atoms with Crippen LogP contribution in [0.2, 0.25) is 0 Å². The van der Waals surface area contributed by atoms with Crippen molar-refractivity contribution in [3.05, 3.63) is 0 Å². The predicted octanol–water partition coefficient (Wildman–Crippen LogP) is 4.44. The summed E-state index contributed by atoms with van der Waals surface area (Å²) in [4.78, 5) is 0. The van der Waals surface area contributed by atoms with Gasteiger partial charge in [-0.2, -0.15) is 0 Å². The minimum atomic E-state index is -0.886. The molecule has 2 spiro atoms. The molecule has 0 radical (unpaired) electrons. The topological polar surface area (TPSA) is 90.2 Å². The fourth-order valence-corrected chi connectivity index (χ4v) is 12.1. The van der Waals surface area contributed by atoms with Gasteiger partial charge in [-0.3, -0.25) is 0 Å². The Morgan fingerprint density at radius 1 is 0.771 bits per heavy atom. The van der Waals surface area contributed by atoms with Crippen LogP contribution < -0.4 is 0 Å². The third-order valence-corrected chi connectivity index (χ3v) is 13.8. The molecule has 1 aliphatic heterocycles. The van der Waals surface area contributed by atoms with Crippen molar-refractivity contribution in [2.45, 2.75) is 142 Å². The minimum absolute atomic E-state index is 0.0267. The van der Waals surface area contributed by atoms with E-state index < -0.39 is 23.4 Å². The Hall–Kier alpha value is -0.200. The molecule has 0 aromatic carbocycles. The average molecular weight is 491 g/mol. The molecule has 1 saturated heterocycles. The van der Waals surface area contributed by atoms with Crippen molar-refractivity contribution in [3.8, 4) is 0 Å². The highest BCUT2D eigenvalue weighted by Gasteiger charge is 2.84. The van der Waals surface area contributed by atoms with Crippen LogP contribution in [0.1, 0.15) is 106 Å². The molecule has 0 aromatic rings. The van der Waals surface area contributed by atoms with Crippen LogP contribution in [-0.2, 0) is 4.74 Å². The highest BCUT2D eigenvalue weighted by atomic mass is 16.5. The van der Waals surface area contributed by atoms with Crippen LogP contribution in [0, 0.1) is 44.8 Å². The van der Waals surface area contributed by atoms with E-state index in [0.717, 1.165) is 51.4 Å². The van der Waals surface area contributed by atoms with Gasteiger partial charge in [0, 0.05) is 5.92 Å². The first-order valence-electron chi connectivity index (χ1n) is 14.4. The van der Waals surface area contributed by atoms with Gasteiger partial charge < -0.3 is 25.2 Å². The molecule has 5 saturated carbocycles. The lowest BCUT2D eigenvalue weighted by Crippen LogP contribution is -2.62. The van der Waals surface area contributed by atoms with E-state index in [0.29, 0.717) is 5.92 Å². The van der Waals surface area contributed by atoms with E-state index in [9.17, 15) is 20.4 Å². The van der Waals surface area contributed by atoms with Gasteiger partial charge in [0.05, 0.1) is 35.6 Å². The Balaban J connectivity index is 1.37. The molecule has 6 aliphatic rings. The molecule has 0 unspecified atom stereocenters. The molecule has 200 valence electrons. The number of aliphatic hydroxyl groups is 4. The SMILES string of the molecule is CC(C)(O)[C@H]1CC[C@@](C)([C@H]2[C@H](O)C[C@@]3(C)[C@@H]4C[C@H](O)[C@H]5C(C)(C)[C@@H](O)CC[C@@]56C[C@@]46CC[C@]23C)O1. The van der Waals surface area contributed by atoms with E-state index in [-0.39, 0.29) is 51.1 Å². The molecular weight excluding hydrogens is 440 g/mol. The summed E-state index contributed by atoms with van der Waals surface area (Å²) in [6.07, 6.45) is 7.18. The molecule has 0 amide bonds. The highest BCUT2D eigenvalue weighted by molar-refractivity contribution is 5.33. The smallest absolute Gasteiger partial charge is 0.0865 e. The second-order valence-corrected chi connectivity index (χ2v) is 15.9. The second kappa shape index (κ2) is 6.86. The third kappa shape index (κ3) is 2.78. The van der Waals surface area contributed by atoms with Crippen LogP contribution in [0.5, 0.6) is 0 Å². The van der Waals surface area contributed by atoms with Crippen molar-refractivity contribution >= 4 is 0 Å². The molecular formula is C30H50O5. The first-order chi connectivity index (χ1) is 16.0. The van der Waals surface area contributed by atoms with Crippen molar-refractivity contribution in [2.75, 3.05) is 0 Å². The Labute approximate surface area is 212 Å². The maximum atomic E-state index is 11.7. The number of hydrogen-bond acceptors (Lipinski definition) is 5. The van der Waals surface area contributed by atoms with Crippen molar-refractivity contribution in [1.82, 2.24) is 0 Å². The van der Waals surface area contributed by atoms with E-state index >= 15 is 0 Å². The summed E-state index contributed by atoms with van der Waals surface area (Å²) in [5.41, 5.74) is -1.35. The summed E-state index contributed by atoms with van der Waals surface area (Å²) in [5, 5.41) is 45.0. The largest absolute Gasteiger partial charge is 0.393 e. The van der Waals surface area contributed by atoms with Gasteiger partial charge in [-0.1, -0.05) is 27.7 Å². The molecule has 0 aromatic heterocycles. The second-order valence-electron chi connectivity index (χ2n) is 15.9. The zero-order valence-corrected chi connectivity index (χ0v) is 23.1. The quantitative estimate of drug-likeness (QED) is 0.460. The molecule has 5 heteroatoms. The highest BCUT2D eigenvalue weighted by Crippen LogP contribution is 2.89. The lowest BCUT2D eigenvalue weighted by atomic mass is 9.41. The summed E-state index contributed by atoms with van der Waals surface area (Å²) >= 11 is 0. The number of rotatable bonds is 2. The van der Waals surface area contributed by atoms with Gasteiger partial charge in [0.25, 0.3) is 0 Å². The molecule has 5 aliphatic carbocycles. The van der Waals surface area contributed by atoms with Crippen molar-refractivity contribution in [2.24, 2.45) is 44.8 Å². The summed E-state index contributed by atoms with van der Waals surface area (Å²) in [6.45, 7) is 15.0. The van der Waals surface area contributed by atoms with Crippen LogP contribution in [-0.4, -0.2) is 56.0 Å². The van der Waals surface area contributed by atoms with Gasteiger partial charge in [0.15, 0.2) is 0 Å². The molecule has 35 heavy (non-hydrogen) atoms. The Kier molecular flexibility index (Phi) is 4.92. The van der Waals surface area contributed by atoms with E-state index in [1.807, 2.05) is 13.8 Å². The van der Waals surface area contributed by atoms with Crippen molar-refractivity contribution < 1.29 is 25.2 Å². The van der Waals surface area contributed by atoms with E-state index in [1.54, 1.807) is 0 Å². The molecule has 1 heterocycles. The van der Waals surface area contributed by atoms with Gasteiger partial charge in [-0.15, -0.1) is 0 Å². The lowest BCUT2D eigenvalue weighted by Gasteiger charge is -2.64. The van der Waals surface area contributed by atoms with Gasteiger partial charge in [0.2, 0.25) is 0 Å². The van der Waals surface area contributed by atoms with Crippen LogP contribution >= 0.6 is 0 Å². The van der Waals surface area contributed by atoms with Crippen molar-refractivity contribution in [1.29, 1.82) is 0 Å². The van der Waals surface area contributed by atoms with Gasteiger partial charge in [-0.25, -0.2) is 0 Å². The number of hydrogen-bond donors (Lipinski definition) is 4. The molecule has 0 bridgehead atoms. The fraction of sp³-hybridized carbons (Fsp3) is 1.00. The normalized spacial score (nSPS) is 60.9. The molecule has 6 rings (SSSR count). The van der Waals surface area contributed by atoms with Crippen LogP contribution in [0.3, 0.4) is 0 Å². The third-order valence-electron chi connectivity index (χ3n) is 13.8. The average Bonchev–Trinajstić information content (AvgIpc) is 3.08. The molecule has 4 N–H and O–H groups in total. The monoisotopic (exact) mass is 490 g/mol. The van der Waals surface area contributed by atoms with E-state index in [2.05, 4.69) is 34.6 Å². The van der Waals surface area contributed by atoms with Crippen molar-refractivity contribution in [3.63, 3.8) is 0 Å². The number of aliphatic hydroxyl groups excluding tert-OH is 3. The predicted molar refractivity (Wildman–Crippen MR) is 134 cm³/mol. The Morgan fingerprint density at radius 2 is 1.46 bits per heavy atom. The first-order valence-corrected chi connectivity index (χ1v) is 14.4. The Morgan fingerprint density at radius 3 is 2.09 bits per heavy atom. The van der Waals surface area contributed by atoms with Crippen LogP contribution in [0.15, 0.2) is 0 Å². The van der Waals surface area contributed by atoms with Crippen LogP contribution in [0.25, 0.3) is 0 Å². The standard InChI is InChI=1S/C30H50O5/c1-24(2)20(33)8-11-30-16-29(30)13-12-26(5)23(28(7)10-9-21(35-28)25(3,4)34)18(32)15-27(26,6)19(29)14-17(31)22(24)30/h17-23,31-34H,8-16H2,1-7H3/t17-,18+,19-,20-,21+,22-,23-,26+,27-,28-,29-,30+/m0/s1. The maximum Gasteiger partial charge on any atom is 0.0865 e. The number of ether oxygens (including phenoxy) is 1. The zero-order chi connectivity index (χ0) is 25.6. The zero-order valence-electron chi connectivity index (χ0n) is 23.1. The van der Waals surface area contributed by atoms with Crippen LogP contribution in [0.4, 0.5) is 0 Å². The first kappa shape index (κ1) is 25.1. The summed E-state index contributed by atoms with van der Waals surface area (Å²) in [5.74, 6) is 0.577. The van der Waals surface area contributed by atoms with Gasteiger partial charge in [0.1, 0.15) is 0 Å². The fourth-order valence-electron chi connectivity index (χ4n) is 12.1. The summed E-state index contributed by atoms with van der Waals surface area (Å²) < 4.78 is 6.66. The molecule has 12 atom stereocenters. The number of fused-ring (bicyclic) bond motifs is 2. The molecule has 6 fully saturated rings. The maximum absolute atomic E-state index is 11.7. The molecule has 5 nitrogen and oxygen atoms in total. The lowest BCUT2D eigenvalue weighted by molar-refractivity contribution is -0.213. The van der Waals surface area contributed by atoms with Gasteiger partial charge in [-0.05, 0) is 117 Å².